The fourth-order valence-electron chi connectivity index (χ4n) is 2.46. The summed E-state index contributed by atoms with van der Waals surface area (Å²) in [6, 6.07) is 7.85. The van der Waals surface area contributed by atoms with Gasteiger partial charge in [-0.3, -0.25) is 0 Å². The molecule has 108 valence electrons. The van der Waals surface area contributed by atoms with E-state index in [9.17, 15) is 0 Å². The molecule has 1 N–H and O–H groups in total. The minimum absolute atomic E-state index is 0. The fourth-order valence-corrected chi connectivity index (χ4v) is 2.59. The highest BCUT2D eigenvalue weighted by atomic mass is 35.5. The zero-order valence-corrected chi connectivity index (χ0v) is 12.7. The van der Waals surface area contributed by atoms with Gasteiger partial charge in [0.05, 0.1) is 6.20 Å². The Morgan fingerprint density at radius 1 is 1.30 bits per heavy atom. The Morgan fingerprint density at radius 2 is 2.10 bits per heavy atom. The molecule has 1 saturated heterocycles. The number of oxazole rings is 1. The highest BCUT2D eigenvalue weighted by Crippen LogP contribution is 2.23. The number of rotatable bonds is 3. The third-order valence-corrected chi connectivity index (χ3v) is 3.76. The monoisotopic (exact) mass is 312 g/mol. The van der Waals surface area contributed by atoms with Crippen LogP contribution in [0.1, 0.15) is 36.0 Å². The predicted octanol–water partition coefficient (Wildman–Crippen LogP) is 3.81. The van der Waals surface area contributed by atoms with E-state index in [2.05, 4.69) is 10.3 Å². The molecule has 20 heavy (non-hydrogen) atoms. The van der Waals surface area contributed by atoms with Crippen molar-refractivity contribution < 1.29 is 4.42 Å². The van der Waals surface area contributed by atoms with E-state index >= 15 is 0 Å². The molecule has 5 heteroatoms. The molecule has 1 aromatic carbocycles. The van der Waals surface area contributed by atoms with Crippen LogP contribution in [-0.2, 0) is 6.42 Å². The Morgan fingerprint density at radius 3 is 2.80 bits per heavy atom. The van der Waals surface area contributed by atoms with Gasteiger partial charge in [-0.2, -0.15) is 0 Å². The molecule has 1 aliphatic rings. The molecule has 0 amide bonds. The number of hydrogen-bond donors (Lipinski definition) is 1. The van der Waals surface area contributed by atoms with Gasteiger partial charge in [-0.25, -0.2) is 4.98 Å². The fraction of sp³-hybridized carbons (Fsp3) is 0.400. The Kier molecular flexibility index (Phi) is 5.46. The van der Waals surface area contributed by atoms with E-state index in [4.69, 9.17) is 16.0 Å². The Hall–Kier alpha value is -1.03. The number of aromatic nitrogens is 1. The number of benzene rings is 1. The number of nitrogens with zero attached hydrogens (tertiary/aromatic N) is 1. The van der Waals surface area contributed by atoms with Crippen LogP contribution in [0.4, 0.5) is 0 Å². The maximum atomic E-state index is 5.88. The van der Waals surface area contributed by atoms with E-state index < -0.39 is 0 Å². The van der Waals surface area contributed by atoms with Crippen molar-refractivity contribution in [1.82, 2.24) is 10.3 Å². The molecule has 3 nitrogen and oxygen atoms in total. The van der Waals surface area contributed by atoms with E-state index in [1.165, 1.54) is 12.0 Å². The highest BCUT2D eigenvalue weighted by molar-refractivity contribution is 6.30. The van der Waals surface area contributed by atoms with E-state index in [-0.39, 0.29) is 12.4 Å². The van der Waals surface area contributed by atoms with Gasteiger partial charge < -0.3 is 9.73 Å². The molecular weight excluding hydrogens is 295 g/mol. The lowest BCUT2D eigenvalue weighted by molar-refractivity contribution is 0.365. The average Bonchev–Trinajstić information content (AvgIpc) is 2.91. The van der Waals surface area contributed by atoms with E-state index in [0.717, 1.165) is 42.6 Å². The van der Waals surface area contributed by atoms with Crippen molar-refractivity contribution in [2.75, 3.05) is 13.1 Å². The zero-order chi connectivity index (χ0) is 13.1. The summed E-state index contributed by atoms with van der Waals surface area (Å²) in [5, 5.41) is 4.14. The van der Waals surface area contributed by atoms with E-state index in [0.29, 0.717) is 5.92 Å². The Bertz CT molecular complexity index is 533. The zero-order valence-electron chi connectivity index (χ0n) is 11.1. The molecule has 1 unspecified atom stereocenters. The summed E-state index contributed by atoms with van der Waals surface area (Å²) in [6.45, 7) is 2.08. The van der Waals surface area contributed by atoms with Crippen LogP contribution in [0.5, 0.6) is 0 Å². The first-order valence-corrected chi connectivity index (χ1v) is 7.09. The lowest BCUT2D eigenvalue weighted by Crippen LogP contribution is -2.28. The van der Waals surface area contributed by atoms with Crippen LogP contribution in [0.25, 0.3) is 0 Å². The Balaban J connectivity index is 0.00000147. The van der Waals surface area contributed by atoms with Gasteiger partial charge in [-0.15, -0.1) is 12.4 Å². The first-order valence-electron chi connectivity index (χ1n) is 6.71. The third kappa shape index (κ3) is 3.75. The molecule has 2 aromatic rings. The van der Waals surface area contributed by atoms with Gasteiger partial charge in [0.2, 0.25) is 0 Å². The number of nitrogens with one attached hydrogen (secondary N) is 1. The van der Waals surface area contributed by atoms with Crippen molar-refractivity contribution in [3.8, 4) is 0 Å². The second kappa shape index (κ2) is 7.11. The SMILES string of the molecule is Cl.Clc1ccc(Cc2cnc(C3CCCNC3)o2)cc1. The van der Waals surface area contributed by atoms with Gasteiger partial charge in [0, 0.05) is 23.9 Å². The largest absolute Gasteiger partial charge is 0.445 e. The normalized spacial score (nSPS) is 18.6. The quantitative estimate of drug-likeness (QED) is 0.936. The van der Waals surface area contributed by atoms with Crippen molar-refractivity contribution in [3.63, 3.8) is 0 Å². The minimum atomic E-state index is 0. The molecule has 0 aliphatic carbocycles. The molecule has 1 aromatic heterocycles. The molecule has 3 rings (SSSR count). The van der Waals surface area contributed by atoms with Crippen molar-refractivity contribution in [1.29, 1.82) is 0 Å². The first-order chi connectivity index (χ1) is 9.31. The summed E-state index contributed by atoms with van der Waals surface area (Å²) in [6.07, 6.45) is 4.97. The molecule has 1 atom stereocenters. The van der Waals surface area contributed by atoms with Gasteiger partial charge in [-0.1, -0.05) is 23.7 Å². The van der Waals surface area contributed by atoms with Gasteiger partial charge in [0.1, 0.15) is 5.76 Å². The van der Waals surface area contributed by atoms with Crippen molar-refractivity contribution in [2.45, 2.75) is 25.2 Å². The van der Waals surface area contributed by atoms with Gasteiger partial charge in [0.25, 0.3) is 0 Å². The second-order valence-corrected chi connectivity index (χ2v) is 5.45. The van der Waals surface area contributed by atoms with Gasteiger partial charge in [0.15, 0.2) is 5.89 Å². The van der Waals surface area contributed by atoms with Crippen LogP contribution in [0.15, 0.2) is 34.9 Å². The number of halogens is 2. The maximum absolute atomic E-state index is 5.88. The summed E-state index contributed by atoms with van der Waals surface area (Å²) in [4.78, 5) is 4.42. The third-order valence-electron chi connectivity index (χ3n) is 3.51. The van der Waals surface area contributed by atoms with Crippen LogP contribution in [0.2, 0.25) is 5.02 Å². The van der Waals surface area contributed by atoms with Crippen molar-refractivity contribution in [3.05, 3.63) is 52.7 Å². The van der Waals surface area contributed by atoms with E-state index in [1.807, 2.05) is 30.5 Å². The maximum Gasteiger partial charge on any atom is 0.198 e. The van der Waals surface area contributed by atoms with Crippen LogP contribution >= 0.6 is 24.0 Å². The van der Waals surface area contributed by atoms with Gasteiger partial charge >= 0.3 is 0 Å². The summed E-state index contributed by atoms with van der Waals surface area (Å²) >= 11 is 5.88. The topological polar surface area (TPSA) is 38.1 Å². The molecular formula is C15H18Cl2N2O. The van der Waals surface area contributed by atoms with Crippen molar-refractivity contribution >= 4 is 24.0 Å². The average molecular weight is 313 g/mol. The van der Waals surface area contributed by atoms with Crippen LogP contribution < -0.4 is 5.32 Å². The number of hydrogen-bond acceptors (Lipinski definition) is 3. The molecule has 1 aliphatic heterocycles. The minimum Gasteiger partial charge on any atom is -0.445 e. The van der Waals surface area contributed by atoms with Gasteiger partial charge in [-0.05, 0) is 37.1 Å². The van der Waals surface area contributed by atoms with Crippen LogP contribution in [-0.4, -0.2) is 18.1 Å². The standard InChI is InChI=1S/C15H17ClN2O.ClH/c16-13-5-3-11(4-6-13)8-14-10-18-15(19-14)12-2-1-7-17-9-12;/h3-6,10,12,17H,1-2,7-9H2;1H. The van der Waals surface area contributed by atoms with Crippen molar-refractivity contribution in [2.24, 2.45) is 0 Å². The molecule has 1 fully saturated rings. The van der Waals surface area contributed by atoms with Crippen LogP contribution in [0, 0.1) is 0 Å². The number of piperidine rings is 1. The smallest absolute Gasteiger partial charge is 0.198 e. The molecule has 0 radical (unpaired) electrons. The first kappa shape index (κ1) is 15.4. The second-order valence-electron chi connectivity index (χ2n) is 5.01. The van der Waals surface area contributed by atoms with E-state index in [1.54, 1.807) is 0 Å². The summed E-state index contributed by atoms with van der Waals surface area (Å²) in [5.41, 5.74) is 1.19. The molecule has 0 spiro atoms. The Labute approximate surface area is 130 Å². The summed E-state index contributed by atoms with van der Waals surface area (Å²) < 4.78 is 5.87. The predicted molar refractivity (Wildman–Crippen MR) is 82.9 cm³/mol. The lowest BCUT2D eigenvalue weighted by atomic mass is 10.00. The summed E-state index contributed by atoms with van der Waals surface area (Å²) in [5.74, 6) is 2.21. The highest BCUT2D eigenvalue weighted by Gasteiger charge is 2.19. The molecule has 0 saturated carbocycles. The summed E-state index contributed by atoms with van der Waals surface area (Å²) in [7, 11) is 0. The lowest BCUT2D eigenvalue weighted by Gasteiger charge is -2.19. The van der Waals surface area contributed by atoms with Crippen LogP contribution in [0.3, 0.4) is 0 Å². The molecule has 2 heterocycles. The molecule has 0 bridgehead atoms.